The maximum absolute atomic E-state index is 12.7. The number of anilines is 1. The Morgan fingerprint density at radius 1 is 1.00 bits per heavy atom. The fourth-order valence-electron chi connectivity index (χ4n) is 3.61. The van der Waals surface area contributed by atoms with E-state index in [1.807, 2.05) is 5.32 Å². The van der Waals surface area contributed by atoms with E-state index in [0.29, 0.717) is 4.70 Å². The number of hydrogen-bond donors (Lipinski definition) is 5. The van der Waals surface area contributed by atoms with Gasteiger partial charge in [0.05, 0.1) is 0 Å². The molecule has 2 aromatic rings. The van der Waals surface area contributed by atoms with E-state index < -0.39 is 47.4 Å². The van der Waals surface area contributed by atoms with Gasteiger partial charge in [-0.2, -0.15) is 0 Å². The Morgan fingerprint density at radius 3 is 2.10 bits per heavy atom. The van der Waals surface area contributed by atoms with Gasteiger partial charge >= 0.3 is 238 Å². The Bertz CT molecular complexity index is 1320. The molecule has 0 saturated heterocycles. The molecule has 0 aromatic heterocycles. The molecule has 0 atom stereocenters. The van der Waals surface area contributed by atoms with E-state index in [4.69, 9.17) is 5.73 Å². The van der Waals surface area contributed by atoms with Crippen LogP contribution >= 0.6 is 0 Å². The average Bonchev–Trinajstić information content (AvgIpc) is 2.56. The van der Waals surface area contributed by atoms with Crippen molar-refractivity contribution in [2.45, 2.75) is 9.79 Å². The van der Waals surface area contributed by atoms with E-state index in [0.717, 1.165) is 0 Å². The third-order valence-corrected chi connectivity index (χ3v) is 9.20. The second-order valence-corrected chi connectivity index (χ2v) is 12.5. The van der Waals surface area contributed by atoms with Crippen molar-refractivity contribution in [2.24, 2.45) is 5.73 Å². The first-order chi connectivity index (χ1) is 13.3. The van der Waals surface area contributed by atoms with E-state index in [1.54, 1.807) is 0 Å². The molecule has 11 nitrogen and oxygen atoms in total. The predicted octanol–water partition coefficient (Wildman–Crippen LogP) is -2.82. The SMILES string of the molecule is NCCNc1c(S(=O)(=O)O)c2[c]([K])c3[c]([K])cc(S(=O)(=O)O)c(c13)C(=O)NC2=O. The summed E-state index contributed by atoms with van der Waals surface area (Å²) in [5.41, 5.74) is 4.28. The number of fused-ring (bicyclic) bond motifs is 3. The molecule has 2 amide bonds. The molecule has 0 aliphatic carbocycles. The van der Waals surface area contributed by atoms with Gasteiger partial charge < -0.3 is 0 Å². The van der Waals surface area contributed by atoms with Crippen LogP contribution in [0.15, 0.2) is 15.9 Å². The Hall–Kier alpha value is 0.693. The maximum atomic E-state index is 12.7. The molecule has 0 fully saturated rings. The van der Waals surface area contributed by atoms with Crippen molar-refractivity contribution in [3.8, 4) is 0 Å². The van der Waals surface area contributed by atoms with E-state index in [-0.39, 0.29) is 128 Å². The number of rotatable bonds is 5. The standard InChI is InChI=1S/C14H11N3O8S2.2K/c15-3-4-16-11-9-6-1-2-8(26(20,21)22)10(9)14(19)17-13(18)7(5-6)12(11)27(23,24)25;;/h2,16H,3-4,15H2,(H,17,18,19)(H,20,21,22)(H,23,24,25);;. The van der Waals surface area contributed by atoms with Gasteiger partial charge in [-0.25, -0.2) is 0 Å². The Morgan fingerprint density at radius 2 is 1.59 bits per heavy atom. The normalized spacial score (nSPS) is 14.3. The molecule has 0 saturated carbocycles. The molecule has 4 bridgehead atoms. The zero-order valence-electron chi connectivity index (χ0n) is 15.2. The fraction of sp³-hybridized carbons (Fsp3) is 0.143. The van der Waals surface area contributed by atoms with Crippen LogP contribution in [0.25, 0.3) is 10.8 Å². The molecule has 6 N–H and O–H groups in total. The van der Waals surface area contributed by atoms with E-state index >= 15 is 0 Å². The van der Waals surface area contributed by atoms with E-state index in [1.165, 1.54) is 6.07 Å². The van der Waals surface area contributed by atoms with Crippen molar-refractivity contribution in [2.75, 3.05) is 18.4 Å². The predicted molar refractivity (Wildman–Crippen MR) is 104 cm³/mol. The van der Waals surface area contributed by atoms with E-state index in [2.05, 4.69) is 5.32 Å². The van der Waals surface area contributed by atoms with Crippen LogP contribution in [0, 0.1) is 0 Å². The van der Waals surface area contributed by atoms with Gasteiger partial charge in [-0.05, 0) is 0 Å². The van der Waals surface area contributed by atoms with Crippen LogP contribution < -0.4 is 15.7 Å². The van der Waals surface area contributed by atoms with Crippen LogP contribution in [0.2, 0.25) is 0 Å². The summed E-state index contributed by atoms with van der Waals surface area (Å²) in [4.78, 5) is 24.0. The van der Waals surface area contributed by atoms with Crippen LogP contribution in [0.3, 0.4) is 0 Å². The minimum absolute atomic E-state index is 0.00732. The third-order valence-electron chi connectivity index (χ3n) is 4.61. The van der Waals surface area contributed by atoms with Crippen LogP contribution in [0.4, 0.5) is 5.69 Å². The summed E-state index contributed by atoms with van der Waals surface area (Å²) in [5.74, 6) is -2.19. The van der Waals surface area contributed by atoms with Crippen LogP contribution in [-0.4, -0.2) is 149 Å². The molecule has 144 valence electrons. The zero-order chi connectivity index (χ0) is 21.9. The summed E-state index contributed by atoms with van der Waals surface area (Å²) in [6.07, 6.45) is 0. The van der Waals surface area contributed by atoms with Gasteiger partial charge in [0.2, 0.25) is 0 Å². The number of imide groups is 1. The molecule has 4 rings (SSSR count). The topological polar surface area (TPSA) is 193 Å². The van der Waals surface area contributed by atoms with Crippen LogP contribution in [0.1, 0.15) is 20.7 Å². The Balaban J connectivity index is 2.79. The molecular weight excluding hydrogens is 480 g/mol. The van der Waals surface area contributed by atoms with Gasteiger partial charge in [-0.3, -0.25) is 0 Å². The molecule has 2 aliphatic heterocycles. The average molecular weight is 492 g/mol. The Kier molecular flexibility index (Phi) is 7.19. The molecule has 15 heteroatoms. The number of carbonyl (C=O) groups is 2. The van der Waals surface area contributed by atoms with Gasteiger partial charge in [0.1, 0.15) is 0 Å². The summed E-state index contributed by atoms with van der Waals surface area (Å²) >= 11 is -0.467. The molecule has 0 spiro atoms. The molecular formula is C14H11K2N3O8S2. The summed E-state index contributed by atoms with van der Waals surface area (Å²) in [6.45, 7) is 0.0467. The second kappa shape index (κ2) is 8.56. The monoisotopic (exact) mass is 491 g/mol. The van der Waals surface area contributed by atoms with Crippen molar-refractivity contribution >= 4 is 146 Å². The van der Waals surface area contributed by atoms with Crippen molar-refractivity contribution in [3.05, 3.63) is 17.2 Å². The third kappa shape index (κ3) is 4.33. The first-order valence-electron chi connectivity index (χ1n) is 8.19. The van der Waals surface area contributed by atoms with Gasteiger partial charge in [0.25, 0.3) is 0 Å². The molecule has 0 unspecified atom stereocenters. The number of nitrogens with two attached hydrogens (primary N) is 1. The van der Waals surface area contributed by atoms with Gasteiger partial charge in [-0.1, -0.05) is 0 Å². The number of benzene rings is 2. The Labute approximate surface area is 233 Å². The fourth-order valence-corrected chi connectivity index (χ4v) is 10.3. The van der Waals surface area contributed by atoms with Crippen LogP contribution in [-0.2, 0) is 20.2 Å². The summed E-state index contributed by atoms with van der Waals surface area (Å²) in [6, 6.07) is 1.17. The van der Waals surface area contributed by atoms with Crippen molar-refractivity contribution < 1.29 is 35.5 Å². The van der Waals surface area contributed by atoms with Gasteiger partial charge in [0, 0.05) is 0 Å². The summed E-state index contributed by atoms with van der Waals surface area (Å²) in [5, 5.41) is 4.97. The van der Waals surface area contributed by atoms with Gasteiger partial charge in [-0.15, -0.1) is 0 Å². The second-order valence-electron chi connectivity index (χ2n) is 6.47. The van der Waals surface area contributed by atoms with Crippen molar-refractivity contribution in [1.82, 2.24) is 5.32 Å². The molecule has 2 aromatic carbocycles. The number of hydrogen-bond acceptors (Lipinski definition) is 8. The van der Waals surface area contributed by atoms with Crippen molar-refractivity contribution in [3.63, 3.8) is 0 Å². The summed E-state index contributed by atoms with van der Waals surface area (Å²) in [7, 11) is -9.85. The molecule has 29 heavy (non-hydrogen) atoms. The molecule has 0 radical (unpaired) electrons. The molecule has 2 heterocycles. The first kappa shape index (κ1) is 24.3. The number of amides is 2. The van der Waals surface area contributed by atoms with Gasteiger partial charge in [0.15, 0.2) is 0 Å². The summed E-state index contributed by atoms with van der Waals surface area (Å²) < 4.78 is 68.7. The van der Waals surface area contributed by atoms with E-state index in [9.17, 15) is 35.5 Å². The number of carbonyl (C=O) groups excluding carboxylic acids is 2. The first-order valence-corrected chi connectivity index (χ1v) is 14.2. The van der Waals surface area contributed by atoms with Crippen LogP contribution in [0.5, 0.6) is 0 Å². The number of nitrogens with one attached hydrogen (secondary N) is 2. The quantitative estimate of drug-likeness (QED) is 0.165. The molecule has 2 aliphatic rings. The van der Waals surface area contributed by atoms with Crippen molar-refractivity contribution in [1.29, 1.82) is 0 Å². The minimum atomic E-state index is -4.96. The zero-order valence-corrected chi connectivity index (χ0v) is 23.1.